The van der Waals surface area contributed by atoms with Crippen LogP contribution in [-0.2, 0) is 16.0 Å². The van der Waals surface area contributed by atoms with Crippen LogP contribution in [0.2, 0.25) is 0 Å². The average molecular weight is 340 g/mol. The zero-order valence-electron chi connectivity index (χ0n) is 15.2. The molecule has 5 nitrogen and oxygen atoms in total. The number of rotatable bonds is 9. The molecule has 0 aliphatic carbocycles. The molecule has 0 atom stereocenters. The predicted molar refractivity (Wildman–Crippen MR) is 94.9 cm³/mol. The summed E-state index contributed by atoms with van der Waals surface area (Å²) in [5.74, 6) is 0.618. The SMILES string of the molecule is COCCN(CC(C)C)C(=O)CCc1c(C)nc(SC)nc1C. The van der Waals surface area contributed by atoms with E-state index in [9.17, 15) is 4.79 Å². The van der Waals surface area contributed by atoms with Gasteiger partial charge in [-0.3, -0.25) is 4.79 Å². The standard InChI is InChI=1S/C17H29N3O2S/c1-12(2)11-20(9-10-22-5)16(21)8-7-15-13(3)18-17(23-6)19-14(15)4/h12H,7-11H2,1-6H3. The van der Waals surface area contributed by atoms with Crippen LogP contribution in [0.4, 0.5) is 0 Å². The van der Waals surface area contributed by atoms with Gasteiger partial charge >= 0.3 is 0 Å². The van der Waals surface area contributed by atoms with E-state index in [1.807, 2.05) is 25.0 Å². The Morgan fingerprint density at radius 1 is 1.26 bits per heavy atom. The second-order valence-corrected chi connectivity index (χ2v) is 6.86. The molecule has 0 saturated heterocycles. The highest BCUT2D eigenvalue weighted by Crippen LogP contribution is 2.17. The third kappa shape index (κ3) is 6.47. The molecule has 0 aromatic carbocycles. The summed E-state index contributed by atoms with van der Waals surface area (Å²) in [5, 5.41) is 0.789. The van der Waals surface area contributed by atoms with E-state index in [0.29, 0.717) is 31.9 Å². The van der Waals surface area contributed by atoms with Crippen LogP contribution in [0.25, 0.3) is 0 Å². The molecule has 0 bridgehead atoms. The van der Waals surface area contributed by atoms with E-state index < -0.39 is 0 Å². The van der Waals surface area contributed by atoms with Crippen molar-refractivity contribution in [1.29, 1.82) is 0 Å². The normalized spacial score (nSPS) is 11.1. The van der Waals surface area contributed by atoms with Crippen LogP contribution in [0.15, 0.2) is 5.16 Å². The summed E-state index contributed by atoms with van der Waals surface area (Å²) < 4.78 is 5.11. The summed E-state index contributed by atoms with van der Waals surface area (Å²) in [6.07, 6.45) is 3.14. The van der Waals surface area contributed by atoms with Gasteiger partial charge in [0.25, 0.3) is 0 Å². The predicted octanol–water partition coefficient (Wildman–Crippen LogP) is 2.88. The average Bonchev–Trinajstić information content (AvgIpc) is 2.49. The van der Waals surface area contributed by atoms with Gasteiger partial charge < -0.3 is 9.64 Å². The van der Waals surface area contributed by atoms with Crippen LogP contribution >= 0.6 is 11.8 Å². The number of aromatic nitrogens is 2. The van der Waals surface area contributed by atoms with Crippen LogP contribution in [0.3, 0.4) is 0 Å². The van der Waals surface area contributed by atoms with Crippen molar-refractivity contribution in [3.05, 3.63) is 17.0 Å². The number of nitrogens with zero attached hydrogens (tertiary/aromatic N) is 3. The molecule has 1 heterocycles. The minimum Gasteiger partial charge on any atom is -0.383 e. The molecule has 1 aromatic rings. The van der Waals surface area contributed by atoms with Crippen LogP contribution < -0.4 is 0 Å². The van der Waals surface area contributed by atoms with Crippen molar-refractivity contribution < 1.29 is 9.53 Å². The van der Waals surface area contributed by atoms with E-state index in [2.05, 4.69) is 23.8 Å². The summed E-state index contributed by atoms with van der Waals surface area (Å²) in [6, 6.07) is 0. The zero-order valence-corrected chi connectivity index (χ0v) is 16.0. The minimum absolute atomic E-state index is 0.170. The lowest BCUT2D eigenvalue weighted by atomic mass is 10.1. The molecule has 0 unspecified atom stereocenters. The molecule has 0 N–H and O–H groups in total. The molecule has 0 aliphatic heterocycles. The van der Waals surface area contributed by atoms with Gasteiger partial charge in [-0.05, 0) is 38.0 Å². The lowest BCUT2D eigenvalue weighted by molar-refractivity contribution is -0.132. The molecule has 1 amide bonds. The molecular formula is C17H29N3O2S. The first-order valence-electron chi connectivity index (χ1n) is 8.03. The molecule has 6 heteroatoms. The summed E-state index contributed by atoms with van der Waals surface area (Å²) in [7, 11) is 1.66. The van der Waals surface area contributed by atoms with Gasteiger partial charge in [0.2, 0.25) is 5.91 Å². The number of aryl methyl sites for hydroxylation is 2. The van der Waals surface area contributed by atoms with Crippen molar-refractivity contribution >= 4 is 17.7 Å². The van der Waals surface area contributed by atoms with Crippen molar-refractivity contribution in [2.24, 2.45) is 5.92 Å². The Balaban J connectivity index is 2.73. The van der Waals surface area contributed by atoms with E-state index in [0.717, 1.165) is 28.7 Å². The molecule has 0 radical (unpaired) electrons. The number of thioether (sulfide) groups is 1. The van der Waals surface area contributed by atoms with Gasteiger partial charge in [0.05, 0.1) is 6.61 Å². The van der Waals surface area contributed by atoms with Crippen molar-refractivity contribution in [1.82, 2.24) is 14.9 Å². The summed E-state index contributed by atoms with van der Waals surface area (Å²) in [5.41, 5.74) is 3.04. The highest BCUT2D eigenvalue weighted by atomic mass is 32.2. The lowest BCUT2D eigenvalue weighted by Gasteiger charge is -2.24. The second kappa shape index (κ2) is 9.88. The summed E-state index contributed by atoms with van der Waals surface area (Å²) >= 11 is 1.54. The maximum atomic E-state index is 12.5. The third-order valence-electron chi connectivity index (χ3n) is 3.68. The van der Waals surface area contributed by atoms with Gasteiger partial charge in [0.15, 0.2) is 5.16 Å². The van der Waals surface area contributed by atoms with Crippen LogP contribution in [-0.4, -0.2) is 53.8 Å². The van der Waals surface area contributed by atoms with Gasteiger partial charge in [-0.2, -0.15) is 0 Å². The number of amides is 1. The number of carbonyl (C=O) groups excluding carboxylic acids is 1. The highest BCUT2D eigenvalue weighted by molar-refractivity contribution is 7.98. The molecule has 0 spiro atoms. The lowest BCUT2D eigenvalue weighted by Crippen LogP contribution is -2.36. The largest absolute Gasteiger partial charge is 0.383 e. The summed E-state index contributed by atoms with van der Waals surface area (Å²) in [6.45, 7) is 10.2. The number of hydrogen-bond acceptors (Lipinski definition) is 5. The Kier molecular flexibility index (Phi) is 8.55. The molecule has 0 fully saturated rings. The fraction of sp³-hybridized carbons (Fsp3) is 0.706. The van der Waals surface area contributed by atoms with E-state index in [1.54, 1.807) is 7.11 Å². The second-order valence-electron chi connectivity index (χ2n) is 6.09. The molecule has 0 aliphatic rings. The Morgan fingerprint density at radius 2 is 1.87 bits per heavy atom. The molecular weight excluding hydrogens is 310 g/mol. The van der Waals surface area contributed by atoms with E-state index >= 15 is 0 Å². The first kappa shape index (κ1) is 19.9. The first-order chi connectivity index (χ1) is 10.9. The van der Waals surface area contributed by atoms with Crippen molar-refractivity contribution in [2.45, 2.75) is 45.7 Å². The van der Waals surface area contributed by atoms with Gasteiger partial charge in [0, 0.05) is 38.0 Å². The quantitative estimate of drug-likeness (QED) is 0.511. The van der Waals surface area contributed by atoms with Gasteiger partial charge in [-0.1, -0.05) is 25.6 Å². The first-order valence-corrected chi connectivity index (χ1v) is 9.26. The fourth-order valence-electron chi connectivity index (χ4n) is 2.51. The monoisotopic (exact) mass is 339 g/mol. The Bertz CT molecular complexity index is 498. The highest BCUT2D eigenvalue weighted by Gasteiger charge is 2.16. The van der Waals surface area contributed by atoms with Crippen LogP contribution in [0.1, 0.15) is 37.2 Å². The molecule has 0 saturated carbocycles. The van der Waals surface area contributed by atoms with Crippen LogP contribution in [0.5, 0.6) is 0 Å². The fourth-order valence-corrected chi connectivity index (χ4v) is 2.97. The molecule has 1 aromatic heterocycles. The number of hydrogen-bond donors (Lipinski definition) is 0. The molecule has 23 heavy (non-hydrogen) atoms. The zero-order chi connectivity index (χ0) is 17.4. The maximum Gasteiger partial charge on any atom is 0.222 e. The van der Waals surface area contributed by atoms with E-state index in [-0.39, 0.29) is 5.91 Å². The molecule has 130 valence electrons. The Labute approximate surface area is 144 Å². The van der Waals surface area contributed by atoms with E-state index in [1.165, 1.54) is 11.8 Å². The van der Waals surface area contributed by atoms with Crippen LogP contribution in [0, 0.1) is 19.8 Å². The molecule has 1 rings (SSSR count). The van der Waals surface area contributed by atoms with Crippen molar-refractivity contribution in [2.75, 3.05) is 33.1 Å². The van der Waals surface area contributed by atoms with Gasteiger partial charge in [-0.25, -0.2) is 9.97 Å². The van der Waals surface area contributed by atoms with Crippen molar-refractivity contribution in [3.63, 3.8) is 0 Å². The number of ether oxygens (including phenoxy) is 1. The number of carbonyl (C=O) groups is 1. The van der Waals surface area contributed by atoms with Gasteiger partial charge in [0.1, 0.15) is 0 Å². The van der Waals surface area contributed by atoms with Gasteiger partial charge in [-0.15, -0.1) is 0 Å². The Morgan fingerprint density at radius 3 is 2.35 bits per heavy atom. The smallest absolute Gasteiger partial charge is 0.222 e. The van der Waals surface area contributed by atoms with Crippen molar-refractivity contribution in [3.8, 4) is 0 Å². The van der Waals surface area contributed by atoms with E-state index in [4.69, 9.17) is 4.74 Å². The minimum atomic E-state index is 0.170. The topological polar surface area (TPSA) is 55.3 Å². The maximum absolute atomic E-state index is 12.5. The Hall–Kier alpha value is -1.14. The summed E-state index contributed by atoms with van der Waals surface area (Å²) in [4.78, 5) is 23.4. The third-order valence-corrected chi connectivity index (χ3v) is 4.22. The number of methoxy groups -OCH3 is 1.